The topological polar surface area (TPSA) is 118 Å². The average molecular weight is 428 g/mol. The first kappa shape index (κ1) is 21.5. The normalized spacial score (nSPS) is 15.3. The number of nitrogens with zero attached hydrogens (tertiary/aromatic N) is 3. The van der Waals surface area contributed by atoms with Crippen molar-refractivity contribution in [2.45, 2.75) is 32.8 Å². The molecule has 0 spiro atoms. The van der Waals surface area contributed by atoms with Gasteiger partial charge in [-0.05, 0) is 67.8 Å². The summed E-state index contributed by atoms with van der Waals surface area (Å²) in [6, 6.07) is 13.1. The van der Waals surface area contributed by atoms with E-state index in [9.17, 15) is 5.26 Å². The van der Waals surface area contributed by atoms with Crippen LogP contribution in [0, 0.1) is 30.6 Å². The van der Waals surface area contributed by atoms with E-state index in [4.69, 9.17) is 20.6 Å². The maximum atomic E-state index is 9.50. The Labute approximate surface area is 187 Å². The zero-order chi connectivity index (χ0) is 22.7. The van der Waals surface area contributed by atoms with Gasteiger partial charge in [0.1, 0.15) is 12.4 Å². The van der Waals surface area contributed by atoms with Crippen LogP contribution in [0.4, 0.5) is 5.69 Å². The van der Waals surface area contributed by atoms with E-state index >= 15 is 0 Å². The first-order valence-electron chi connectivity index (χ1n) is 10.5. The van der Waals surface area contributed by atoms with Crippen molar-refractivity contribution in [2.75, 3.05) is 18.9 Å². The van der Waals surface area contributed by atoms with Crippen LogP contribution in [0.3, 0.4) is 0 Å². The number of hydrogen-bond donors (Lipinski definition) is 2. The monoisotopic (exact) mass is 427 g/mol. The molecule has 1 atom stereocenters. The van der Waals surface area contributed by atoms with E-state index in [0.29, 0.717) is 47.9 Å². The molecule has 0 aliphatic carbocycles. The van der Waals surface area contributed by atoms with Crippen molar-refractivity contribution >= 4 is 11.4 Å². The number of hydrogen-bond acceptors (Lipinski definition) is 7. The SMILES string of the molecule is Cc1cnnc(C)c1COc1ccc(N)c(C(=N)c2cc(C#N)cc(C3CCOC3)c2)c1. The van der Waals surface area contributed by atoms with Crippen LogP contribution in [0.25, 0.3) is 0 Å². The third-order valence-corrected chi connectivity index (χ3v) is 5.82. The number of nitrogens with two attached hydrogens (primary N) is 1. The van der Waals surface area contributed by atoms with Crippen LogP contribution < -0.4 is 10.5 Å². The smallest absolute Gasteiger partial charge is 0.120 e. The summed E-state index contributed by atoms with van der Waals surface area (Å²) in [5, 5.41) is 26.4. The van der Waals surface area contributed by atoms with Gasteiger partial charge < -0.3 is 15.2 Å². The molecule has 1 aliphatic rings. The van der Waals surface area contributed by atoms with Gasteiger partial charge in [-0.1, -0.05) is 0 Å². The molecule has 7 nitrogen and oxygen atoms in total. The van der Waals surface area contributed by atoms with Crippen LogP contribution >= 0.6 is 0 Å². The minimum atomic E-state index is 0.238. The number of anilines is 1. The lowest BCUT2D eigenvalue weighted by Crippen LogP contribution is -2.09. The number of benzene rings is 2. The molecule has 2 heterocycles. The molecule has 3 N–H and O–H groups in total. The Morgan fingerprint density at radius 1 is 1.28 bits per heavy atom. The molecule has 0 radical (unpaired) electrons. The minimum Gasteiger partial charge on any atom is -0.489 e. The van der Waals surface area contributed by atoms with Gasteiger partial charge in [-0.2, -0.15) is 15.5 Å². The molecule has 7 heteroatoms. The van der Waals surface area contributed by atoms with E-state index in [2.05, 4.69) is 16.3 Å². The molecular weight excluding hydrogens is 402 g/mol. The molecule has 1 unspecified atom stereocenters. The van der Waals surface area contributed by atoms with Crippen LogP contribution in [0.2, 0.25) is 0 Å². The van der Waals surface area contributed by atoms with Gasteiger partial charge in [0.25, 0.3) is 0 Å². The maximum Gasteiger partial charge on any atom is 0.120 e. The molecule has 1 fully saturated rings. The van der Waals surface area contributed by atoms with Gasteiger partial charge in [0, 0.05) is 34.9 Å². The highest BCUT2D eigenvalue weighted by Crippen LogP contribution is 2.29. The van der Waals surface area contributed by atoms with Crippen molar-refractivity contribution in [3.63, 3.8) is 0 Å². The highest BCUT2D eigenvalue weighted by molar-refractivity contribution is 6.14. The van der Waals surface area contributed by atoms with E-state index in [1.807, 2.05) is 26.0 Å². The third kappa shape index (κ3) is 4.46. The zero-order valence-electron chi connectivity index (χ0n) is 18.2. The lowest BCUT2D eigenvalue weighted by molar-refractivity contribution is 0.194. The van der Waals surface area contributed by atoms with Crippen molar-refractivity contribution in [1.82, 2.24) is 10.2 Å². The molecule has 1 aromatic heterocycles. The van der Waals surface area contributed by atoms with E-state index < -0.39 is 0 Å². The number of nitrogen functional groups attached to an aromatic ring is 1. The number of aryl methyl sites for hydroxylation is 2. The summed E-state index contributed by atoms with van der Waals surface area (Å²) < 4.78 is 11.5. The summed E-state index contributed by atoms with van der Waals surface area (Å²) in [6.07, 6.45) is 2.63. The fraction of sp³-hybridized carbons (Fsp3) is 0.280. The van der Waals surface area contributed by atoms with Gasteiger partial charge in [-0.3, -0.25) is 5.41 Å². The molecule has 1 saturated heterocycles. The fourth-order valence-electron chi connectivity index (χ4n) is 3.89. The van der Waals surface area contributed by atoms with Gasteiger partial charge in [-0.25, -0.2) is 0 Å². The second kappa shape index (κ2) is 9.16. The van der Waals surface area contributed by atoms with Gasteiger partial charge in [-0.15, -0.1) is 0 Å². The van der Waals surface area contributed by atoms with Crippen molar-refractivity contribution in [3.8, 4) is 11.8 Å². The van der Waals surface area contributed by atoms with Crippen LogP contribution in [-0.4, -0.2) is 29.1 Å². The Morgan fingerprint density at radius 3 is 2.84 bits per heavy atom. The van der Waals surface area contributed by atoms with Crippen LogP contribution in [0.15, 0.2) is 42.6 Å². The Balaban J connectivity index is 1.61. The van der Waals surface area contributed by atoms with Crippen LogP contribution in [0.1, 0.15) is 51.4 Å². The Hall–Kier alpha value is -3.76. The predicted octanol–water partition coefficient (Wildman–Crippen LogP) is 4.05. The Morgan fingerprint density at radius 2 is 2.12 bits per heavy atom. The molecule has 3 aromatic rings. The summed E-state index contributed by atoms with van der Waals surface area (Å²) in [5.41, 5.74) is 12.5. The number of nitrogens with one attached hydrogen (secondary N) is 1. The quantitative estimate of drug-likeness (QED) is 0.453. The number of nitriles is 1. The lowest BCUT2D eigenvalue weighted by Gasteiger charge is -2.15. The van der Waals surface area contributed by atoms with Gasteiger partial charge in [0.05, 0.1) is 35.8 Å². The first-order chi connectivity index (χ1) is 15.5. The second-order valence-corrected chi connectivity index (χ2v) is 8.02. The average Bonchev–Trinajstić information content (AvgIpc) is 3.34. The summed E-state index contributed by atoms with van der Waals surface area (Å²) in [4.78, 5) is 0. The predicted molar refractivity (Wildman–Crippen MR) is 122 cm³/mol. The first-order valence-corrected chi connectivity index (χ1v) is 10.5. The summed E-state index contributed by atoms with van der Waals surface area (Å²) in [7, 11) is 0. The number of aromatic nitrogens is 2. The van der Waals surface area contributed by atoms with Crippen LogP contribution in [0.5, 0.6) is 5.75 Å². The standard InChI is InChI=1S/C25H25N5O2/c1-15-12-29-30-16(2)23(15)14-32-21-3-4-24(27)22(10-21)25(28)20-8-17(11-26)7-19(9-20)18-5-6-31-13-18/h3-4,7-10,12,18,28H,5-6,13-14,27H2,1-2H3. The molecule has 2 aromatic carbocycles. The highest BCUT2D eigenvalue weighted by Gasteiger charge is 2.20. The molecule has 0 amide bonds. The molecule has 0 bridgehead atoms. The lowest BCUT2D eigenvalue weighted by atomic mass is 9.91. The molecular formula is C25H25N5O2. The second-order valence-electron chi connectivity index (χ2n) is 8.02. The summed E-state index contributed by atoms with van der Waals surface area (Å²) in [5.74, 6) is 0.845. The summed E-state index contributed by atoms with van der Waals surface area (Å²) in [6.45, 7) is 5.57. The number of rotatable bonds is 6. The van der Waals surface area contributed by atoms with E-state index in [1.165, 1.54) is 0 Å². The van der Waals surface area contributed by atoms with E-state index in [-0.39, 0.29) is 11.6 Å². The molecule has 1 aliphatic heterocycles. The van der Waals surface area contributed by atoms with Crippen molar-refractivity contribution in [2.24, 2.45) is 0 Å². The van der Waals surface area contributed by atoms with Crippen molar-refractivity contribution in [3.05, 3.63) is 81.7 Å². The van der Waals surface area contributed by atoms with E-state index in [0.717, 1.165) is 28.8 Å². The molecule has 4 rings (SSSR count). The highest BCUT2D eigenvalue weighted by atomic mass is 16.5. The summed E-state index contributed by atoms with van der Waals surface area (Å²) >= 11 is 0. The number of ether oxygens (including phenoxy) is 2. The van der Waals surface area contributed by atoms with E-state index in [1.54, 1.807) is 30.5 Å². The van der Waals surface area contributed by atoms with Gasteiger partial charge in [0.2, 0.25) is 0 Å². The van der Waals surface area contributed by atoms with Gasteiger partial charge in [0.15, 0.2) is 0 Å². The van der Waals surface area contributed by atoms with Gasteiger partial charge >= 0.3 is 0 Å². The maximum absolute atomic E-state index is 9.50. The fourth-order valence-corrected chi connectivity index (χ4v) is 3.89. The zero-order valence-corrected chi connectivity index (χ0v) is 18.2. The van der Waals surface area contributed by atoms with Crippen molar-refractivity contribution in [1.29, 1.82) is 10.7 Å². The molecule has 162 valence electrons. The molecule has 0 saturated carbocycles. The largest absolute Gasteiger partial charge is 0.489 e. The Bertz CT molecular complexity index is 1190. The third-order valence-electron chi connectivity index (χ3n) is 5.82. The Kier molecular flexibility index (Phi) is 6.15. The molecule has 32 heavy (non-hydrogen) atoms. The van der Waals surface area contributed by atoms with Crippen molar-refractivity contribution < 1.29 is 9.47 Å². The van der Waals surface area contributed by atoms with Crippen LogP contribution in [-0.2, 0) is 11.3 Å². The minimum absolute atomic E-state index is 0.238.